The van der Waals surface area contributed by atoms with E-state index in [2.05, 4.69) is 16.0 Å². The van der Waals surface area contributed by atoms with Gasteiger partial charge in [-0.05, 0) is 74.2 Å². The number of hydrogen-bond donors (Lipinski definition) is 3. The number of hydrogen-bond acceptors (Lipinski definition) is 12. The van der Waals surface area contributed by atoms with Gasteiger partial charge >= 0.3 is 5.97 Å². The number of nitrogens with zero attached hydrogens (tertiary/aromatic N) is 4. The van der Waals surface area contributed by atoms with Crippen LogP contribution in [0.1, 0.15) is 130 Å². The lowest BCUT2D eigenvalue weighted by Crippen LogP contribution is -2.56. The number of nitrogens with one attached hydrogen (secondary N) is 3. The number of likely N-dealkylation sites (N-methyl/N-ethyl adjacent to an activating group) is 1. The van der Waals surface area contributed by atoms with E-state index in [1.807, 2.05) is 101 Å². The second-order valence-electron chi connectivity index (χ2n) is 21.2. The molecule has 2 saturated heterocycles. The molecule has 4 rings (SSSR count). The standard InChI is InChI=1S/C58H89N7O11/c1-12-14-29-64(51(69)36-59-56(71)52(38(3)4)62(8)37-43-25-21-26-44(33-43)60-48(66)28-19-16-20-30-65-49(67)32-40(6)57(65)72)53(39(5)13-2)47(74-9)35-50(68)63-31-22-27-46(63)54(75-10)41(7)55(70)61-45(58(73)76-11)34-42-23-17-15-18-24-42/h15,17-18,21,23-26,33,38-41,45-47,52-54H,12-14,16,19-20,22,27-32,34-37H2,1-11H3,(H,59,71)(H,60,66)(H,61,70)/t39-,40?,41+,45-,46-,47+,52-,53-,54+/m0/s1. The van der Waals surface area contributed by atoms with Crippen LogP contribution < -0.4 is 16.0 Å². The molecule has 0 spiro atoms. The number of carbonyl (C=O) groups is 8. The molecule has 1 unspecified atom stereocenters. The molecule has 9 atom stereocenters. The largest absolute Gasteiger partial charge is 0.467 e. The van der Waals surface area contributed by atoms with E-state index in [0.29, 0.717) is 83.2 Å². The van der Waals surface area contributed by atoms with Crippen molar-refractivity contribution in [3.05, 3.63) is 65.7 Å². The predicted octanol–water partition coefficient (Wildman–Crippen LogP) is 6.14. The van der Waals surface area contributed by atoms with Crippen molar-refractivity contribution in [2.45, 2.75) is 168 Å². The van der Waals surface area contributed by atoms with E-state index < -0.39 is 54.2 Å². The van der Waals surface area contributed by atoms with Crippen LogP contribution in [0.25, 0.3) is 0 Å². The average Bonchev–Trinajstić information content (AvgIpc) is 3.98. The predicted molar refractivity (Wildman–Crippen MR) is 291 cm³/mol. The fourth-order valence-electron chi connectivity index (χ4n) is 10.8. The van der Waals surface area contributed by atoms with Gasteiger partial charge in [0.2, 0.25) is 41.4 Å². The van der Waals surface area contributed by atoms with Gasteiger partial charge in [0.1, 0.15) is 6.04 Å². The molecule has 2 aliphatic rings. The number of methoxy groups -OCH3 is 3. The van der Waals surface area contributed by atoms with Crippen molar-refractivity contribution in [2.75, 3.05) is 59.9 Å². The van der Waals surface area contributed by atoms with E-state index in [1.165, 1.54) is 19.1 Å². The maximum atomic E-state index is 14.5. The first kappa shape index (κ1) is 62.8. The highest BCUT2D eigenvalue weighted by atomic mass is 16.5. The molecule has 2 aromatic rings. The topological polar surface area (TPSA) is 213 Å². The van der Waals surface area contributed by atoms with Gasteiger partial charge < -0.3 is 40.0 Å². The summed E-state index contributed by atoms with van der Waals surface area (Å²) in [4.78, 5) is 114. The van der Waals surface area contributed by atoms with Crippen LogP contribution in [0, 0.1) is 23.7 Å². The highest BCUT2D eigenvalue weighted by Gasteiger charge is 2.43. The first-order valence-corrected chi connectivity index (χ1v) is 27.6. The molecular weight excluding hydrogens is 971 g/mol. The number of imide groups is 1. The van der Waals surface area contributed by atoms with Crippen LogP contribution in [0.2, 0.25) is 0 Å². The Labute approximate surface area is 452 Å². The maximum absolute atomic E-state index is 14.5. The molecule has 76 heavy (non-hydrogen) atoms. The molecule has 0 bridgehead atoms. The number of benzene rings is 2. The van der Waals surface area contributed by atoms with E-state index >= 15 is 0 Å². The highest BCUT2D eigenvalue weighted by Crippen LogP contribution is 2.30. The molecule has 422 valence electrons. The Morgan fingerprint density at radius 3 is 2.18 bits per heavy atom. The van der Waals surface area contributed by atoms with Gasteiger partial charge in [0.25, 0.3) is 0 Å². The summed E-state index contributed by atoms with van der Waals surface area (Å²) in [6.45, 7) is 14.9. The Morgan fingerprint density at radius 1 is 0.855 bits per heavy atom. The van der Waals surface area contributed by atoms with E-state index in [-0.39, 0.29) is 79.0 Å². The van der Waals surface area contributed by atoms with Crippen LogP contribution in [0.3, 0.4) is 0 Å². The fourth-order valence-corrected chi connectivity index (χ4v) is 10.8. The van der Waals surface area contributed by atoms with E-state index in [9.17, 15) is 38.4 Å². The average molecular weight is 1060 g/mol. The van der Waals surface area contributed by atoms with E-state index in [4.69, 9.17) is 14.2 Å². The molecule has 2 aromatic carbocycles. The second-order valence-corrected chi connectivity index (χ2v) is 21.2. The van der Waals surface area contributed by atoms with Crippen molar-refractivity contribution < 1.29 is 52.6 Å². The second kappa shape index (κ2) is 31.5. The molecule has 18 nitrogen and oxygen atoms in total. The lowest BCUT2D eigenvalue weighted by atomic mass is 9.89. The lowest BCUT2D eigenvalue weighted by Gasteiger charge is -2.41. The minimum Gasteiger partial charge on any atom is -0.467 e. The molecule has 2 heterocycles. The molecule has 7 amide bonds. The van der Waals surface area contributed by atoms with Gasteiger partial charge in [-0.3, -0.25) is 43.4 Å². The Bertz CT molecular complexity index is 2230. The zero-order chi connectivity index (χ0) is 56.1. The minimum absolute atomic E-state index is 0.0274. The zero-order valence-electron chi connectivity index (χ0n) is 47.3. The Morgan fingerprint density at radius 2 is 1.57 bits per heavy atom. The number of unbranched alkanes of at least 4 members (excludes halogenated alkanes) is 3. The van der Waals surface area contributed by atoms with Gasteiger partial charge in [-0.1, -0.05) is 110 Å². The van der Waals surface area contributed by atoms with Crippen LogP contribution in [-0.4, -0.2) is 158 Å². The van der Waals surface area contributed by atoms with Crippen molar-refractivity contribution in [1.29, 1.82) is 0 Å². The Hall–Kier alpha value is -5.72. The number of esters is 1. The summed E-state index contributed by atoms with van der Waals surface area (Å²) in [5.41, 5.74) is 2.38. The van der Waals surface area contributed by atoms with Crippen LogP contribution in [0.5, 0.6) is 0 Å². The molecule has 0 saturated carbocycles. The number of amides is 7. The van der Waals surface area contributed by atoms with Crippen LogP contribution in [-0.2, 0) is 65.5 Å². The first-order chi connectivity index (χ1) is 36.3. The quantitative estimate of drug-likeness (QED) is 0.0428. The molecule has 2 fully saturated rings. The molecule has 2 aliphatic heterocycles. The van der Waals surface area contributed by atoms with E-state index in [1.54, 1.807) is 30.8 Å². The Kier molecular flexibility index (Phi) is 26.0. The molecular formula is C58H89N7O11. The monoisotopic (exact) mass is 1060 g/mol. The summed E-state index contributed by atoms with van der Waals surface area (Å²) >= 11 is 0. The van der Waals surface area contributed by atoms with Gasteiger partial charge in [-0.2, -0.15) is 0 Å². The molecule has 3 N–H and O–H groups in total. The number of carbonyl (C=O) groups excluding carboxylic acids is 8. The van der Waals surface area contributed by atoms with Crippen LogP contribution in [0.4, 0.5) is 5.69 Å². The normalized spacial score (nSPS) is 18.4. The molecule has 0 aromatic heterocycles. The van der Waals surface area contributed by atoms with Crippen LogP contribution >= 0.6 is 0 Å². The number of anilines is 1. The van der Waals surface area contributed by atoms with Gasteiger partial charge in [0.05, 0.1) is 56.3 Å². The summed E-state index contributed by atoms with van der Waals surface area (Å²) < 4.78 is 17.2. The Balaban J connectivity index is 1.39. The van der Waals surface area contributed by atoms with Crippen molar-refractivity contribution in [3.63, 3.8) is 0 Å². The summed E-state index contributed by atoms with van der Waals surface area (Å²) in [7, 11) is 6.22. The highest BCUT2D eigenvalue weighted by molar-refractivity contribution is 6.03. The van der Waals surface area contributed by atoms with Crippen molar-refractivity contribution in [1.82, 2.24) is 30.2 Å². The smallest absolute Gasteiger partial charge is 0.328 e. The molecule has 0 aliphatic carbocycles. The number of rotatable bonds is 32. The van der Waals surface area contributed by atoms with Gasteiger partial charge in [-0.25, -0.2) is 4.79 Å². The fraction of sp³-hybridized carbons (Fsp3) is 0.655. The molecule has 0 radical (unpaired) electrons. The third-order valence-corrected chi connectivity index (χ3v) is 15.2. The summed E-state index contributed by atoms with van der Waals surface area (Å²) in [5, 5.41) is 8.80. The SMILES string of the molecule is CCCCN(C(=O)CNC(=O)[C@H](C(C)C)N(C)Cc1cccc(NC(=O)CCCCCN2C(=O)CC(C)C2=O)c1)[C@@H]([C@@H](C)CC)[C@@H](CC(=O)N1CCC[C@H]1[C@H](OC)[C@@H](C)C(=O)N[C@@H](Cc1ccccc1)C(=O)OC)OC. The molecule has 18 heteroatoms. The third kappa shape index (κ3) is 17.9. The number of likely N-dealkylation sites (tertiary alicyclic amines) is 2. The van der Waals surface area contributed by atoms with Crippen LogP contribution in [0.15, 0.2) is 54.6 Å². The van der Waals surface area contributed by atoms with Crippen molar-refractivity contribution in [2.24, 2.45) is 23.7 Å². The van der Waals surface area contributed by atoms with Crippen molar-refractivity contribution in [3.8, 4) is 0 Å². The minimum atomic E-state index is -0.919. The summed E-state index contributed by atoms with van der Waals surface area (Å²) in [6.07, 6.45) is 4.88. The summed E-state index contributed by atoms with van der Waals surface area (Å²) in [6, 6.07) is 14.4. The van der Waals surface area contributed by atoms with E-state index in [0.717, 1.165) is 17.5 Å². The first-order valence-electron chi connectivity index (χ1n) is 27.6. The lowest BCUT2D eigenvalue weighted by molar-refractivity contribution is -0.148. The summed E-state index contributed by atoms with van der Waals surface area (Å²) in [5.74, 6) is -3.33. The van der Waals surface area contributed by atoms with Gasteiger partial charge in [0.15, 0.2) is 0 Å². The zero-order valence-corrected chi connectivity index (χ0v) is 47.3. The third-order valence-electron chi connectivity index (χ3n) is 15.2. The van der Waals surface area contributed by atoms with Gasteiger partial charge in [-0.15, -0.1) is 0 Å². The van der Waals surface area contributed by atoms with Gasteiger partial charge in [0, 0.05) is 71.3 Å². The number of ether oxygens (including phenoxy) is 3. The van der Waals surface area contributed by atoms with Crippen molar-refractivity contribution >= 4 is 53.0 Å². The maximum Gasteiger partial charge on any atom is 0.328 e.